The van der Waals surface area contributed by atoms with E-state index in [4.69, 9.17) is 9.57 Å². The minimum Gasteiger partial charge on any atom is -0.365 e. The summed E-state index contributed by atoms with van der Waals surface area (Å²) in [5.41, 5.74) is -0.0608. The summed E-state index contributed by atoms with van der Waals surface area (Å²) in [4.78, 5) is 6.50. The Morgan fingerprint density at radius 3 is 1.91 bits per heavy atom. The molecule has 130 valence electrons. The second-order valence-electron chi connectivity index (χ2n) is 8.39. The van der Waals surface area contributed by atoms with E-state index in [-0.39, 0.29) is 11.1 Å². The third-order valence-electron chi connectivity index (χ3n) is 4.69. The monoisotopic (exact) mass is 321 g/mol. The van der Waals surface area contributed by atoms with Gasteiger partial charge in [-0.05, 0) is 47.1 Å². The zero-order chi connectivity index (χ0) is 17.5. The van der Waals surface area contributed by atoms with Gasteiger partial charge < -0.3 is 9.84 Å². The molecular weight excluding hydrogens is 290 g/mol. The Labute approximate surface area is 140 Å². The van der Waals surface area contributed by atoms with Crippen LogP contribution < -0.4 is 0 Å². The number of benzene rings is 1. The van der Waals surface area contributed by atoms with E-state index >= 15 is 0 Å². The molecule has 1 heterocycles. The number of piperidine rings is 1. The normalized spacial score (nSPS) is 23.7. The third kappa shape index (κ3) is 3.77. The lowest BCUT2D eigenvalue weighted by atomic mass is 9.78. The van der Waals surface area contributed by atoms with E-state index in [1.807, 2.05) is 23.3 Å². The van der Waals surface area contributed by atoms with Crippen molar-refractivity contribution in [2.24, 2.45) is 0 Å². The minimum absolute atomic E-state index is 0.363. The quantitative estimate of drug-likeness (QED) is 0.856. The smallest absolute Gasteiger partial charge is 0.168 e. The number of methoxy groups -OCH3 is 1. The number of hydroxylamine groups is 2. The van der Waals surface area contributed by atoms with E-state index in [1.165, 1.54) is 0 Å². The van der Waals surface area contributed by atoms with Crippen LogP contribution >= 0.6 is 0 Å². The first-order valence-corrected chi connectivity index (χ1v) is 8.24. The predicted molar refractivity (Wildman–Crippen MR) is 91.7 cm³/mol. The highest BCUT2D eigenvalue weighted by atomic mass is 16.7. The van der Waals surface area contributed by atoms with Crippen LogP contribution in [-0.2, 0) is 15.2 Å². The second kappa shape index (κ2) is 5.85. The molecule has 1 fully saturated rings. The molecule has 1 aliphatic rings. The van der Waals surface area contributed by atoms with Crippen molar-refractivity contribution in [3.05, 3.63) is 35.9 Å². The lowest BCUT2D eigenvalue weighted by Gasteiger charge is -2.57. The van der Waals surface area contributed by atoms with E-state index in [9.17, 15) is 5.11 Å². The van der Waals surface area contributed by atoms with Crippen LogP contribution in [0.4, 0.5) is 0 Å². The summed E-state index contributed by atoms with van der Waals surface area (Å²) in [5.74, 6) is -1.12. The minimum atomic E-state index is -1.12. The van der Waals surface area contributed by atoms with Gasteiger partial charge in [0.15, 0.2) is 5.79 Å². The Hall–Kier alpha value is -0.940. The first-order chi connectivity index (χ1) is 10.4. The zero-order valence-corrected chi connectivity index (χ0v) is 15.5. The highest BCUT2D eigenvalue weighted by Crippen LogP contribution is 2.46. The molecule has 0 atom stereocenters. The van der Waals surface area contributed by atoms with Crippen molar-refractivity contribution in [2.75, 3.05) is 7.11 Å². The molecular formula is C19H31NO3. The SMILES string of the molecule is COC1(O)CC(C)(C)N(OC(C)(C)c2ccccc2)C(C)(C)C1. The molecule has 1 aromatic rings. The van der Waals surface area contributed by atoms with Crippen LogP contribution in [0.3, 0.4) is 0 Å². The first-order valence-electron chi connectivity index (χ1n) is 8.24. The van der Waals surface area contributed by atoms with Crippen molar-refractivity contribution >= 4 is 0 Å². The summed E-state index contributed by atoms with van der Waals surface area (Å²) in [5, 5.41) is 12.7. The molecule has 0 bridgehead atoms. The van der Waals surface area contributed by atoms with E-state index in [1.54, 1.807) is 7.11 Å². The van der Waals surface area contributed by atoms with E-state index in [0.717, 1.165) is 5.56 Å². The predicted octanol–water partition coefficient (Wildman–Crippen LogP) is 3.84. The molecule has 1 saturated heterocycles. The van der Waals surface area contributed by atoms with E-state index in [2.05, 4.69) is 53.7 Å². The van der Waals surface area contributed by atoms with Gasteiger partial charge in [0.2, 0.25) is 0 Å². The van der Waals surface area contributed by atoms with Crippen LogP contribution in [0, 0.1) is 0 Å². The summed E-state index contributed by atoms with van der Waals surface area (Å²) >= 11 is 0. The molecule has 0 saturated carbocycles. The van der Waals surface area contributed by atoms with Crippen LogP contribution in [0.25, 0.3) is 0 Å². The Morgan fingerprint density at radius 1 is 1.00 bits per heavy atom. The van der Waals surface area contributed by atoms with Crippen molar-refractivity contribution in [2.45, 2.75) is 76.9 Å². The van der Waals surface area contributed by atoms with E-state index < -0.39 is 11.4 Å². The summed E-state index contributed by atoms with van der Waals surface area (Å²) < 4.78 is 5.39. The highest BCUT2D eigenvalue weighted by Gasteiger charge is 2.54. The van der Waals surface area contributed by atoms with Crippen molar-refractivity contribution < 1.29 is 14.7 Å². The van der Waals surface area contributed by atoms with Crippen LogP contribution in [0.2, 0.25) is 0 Å². The van der Waals surface area contributed by atoms with Crippen molar-refractivity contribution in [1.82, 2.24) is 5.06 Å². The summed E-state index contributed by atoms with van der Waals surface area (Å²) in [6.45, 7) is 12.5. The van der Waals surface area contributed by atoms with E-state index in [0.29, 0.717) is 12.8 Å². The first kappa shape index (κ1) is 18.4. The second-order valence-corrected chi connectivity index (χ2v) is 8.39. The standard InChI is InChI=1S/C19H31NO3/c1-16(2)13-19(21,22-7)14-17(3,4)20(16)23-18(5,6)15-11-9-8-10-12-15/h8-12,21H,13-14H2,1-7H3. The molecule has 23 heavy (non-hydrogen) atoms. The van der Waals surface area contributed by atoms with Crippen LogP contribution in [0.15, 0.2) is 30.3 Å². The maximum Gasteiger partial charge on any atom is 0.168 e. The number of rotatable bonds is 4. The maximum absolute atomic E-state index is 10.7. The van der Waals surface area contributed by atoms with Crippen LogP contribution in [-0.4, -0.2) is 34.1 Å². The molecule has 0 spiro atoms. The van der Waals surface area contributed by atoms with Crippen molar-refractivity contribution in [1.29, 1.82) is 0 Å². The molecule has 0 unspecified atom stereocenters. The zero-order valence-electron chi connectivity index (χ0n) is 15.5. The topological polar surface area (TPSA) is 41.9 Å². The van der Waals surface area contributed by atoms with Gasteiger partial charge in [-0.2, -0.15) is 5.06 Å². The molecule has 4 nitrogen and oxygen atoms in total. The fourth-order valence-electron chi connectivity index (χ4n) is 3.89. The highest BCUT2D eigenvalue weighted by molar-refractivity contribution is 5.21. The number of aliphatic hydroxyl groups is 1. The summed E-state index contributed by atoms with van der Waals surface area (Å²) in [6.07, 6.45) is 0.982. The van der Waals surface area contributed by atoms with Gasteiger partial charge in [-0.15, -0.1) is 0 Å². The van der Waals surface area contributed by atoms with Crippen molar-refractivity contribution in [3.63, 3.8) is 0 Å². The van der Waals surface area contributed by atoms with Gasteiger partial charge in [0, 0.05) is 31.0 Å². The van der Waals surface area contributed by atoms with Crippen LogP contribution in [0.5, 0.6) is 0 Å². The Kier molecular flexibility index (Phi) is 4.68. The Bertz CT molecular complexity index is 519. The molecule has 0 aromatic heterocycles. The number of nitrogens with zero attached hydrogens (tertiary/aromatic N) is 1. The average Bonchev–Trinajstić information content (AvgIpc) is 2.43. The van der Waals surface area contributed by atoms with Gasteiger partial charge in [0.05, 0.1) is 0 Å². The molecule has 1 aromatic carbocycles. The molecule has 4 heteroatoms. The fourth-order valence-corrected chi connectivity index (χ4v) is 3.89. The molecule has 0 radical (unpaired) electrons. The Morgan fingerprint density at radius 2 is 1.48 bits per heavy atom. The number of hydrogen-bond acceptors (Lipinski definition) is 4. The lowest BCUT2D eigenvalue weighted by molar-refractivity contribution is -0.373. The molecule has 1 aliphatic heterocycles. The lowest BCUT2D eigenvalue weighted by Crippen LogP contribution is -2.66. The molecule has 0 aliphatic carbocycles. The molecule has 1 N–H and O–H groups in total. The Balaban J connectivity index is 2.31. The fraction of sp³-hybridized carbons (Fsp3) is 0.684. The van der Waals surface area contributed by atoms with Crippen molar-refractivity contribution in [3.8, 4) is 0 Å². The third-order valence-corrected chi connectivity index (χ3v) is 4.69. The van der Waals surface area contributed by atoms with Gasteiger partial charge in [-0.3, -0.25) is 4.84 Å². The summed E-state index contributed by atoms with van der Waals surface area (Å²) in [6, 6.07) is 10.2. The average molecular weight is 321 g/mol. The van der Waals surface area contributed by atoms with Crippen LogP contribution in [0.1, 0.15) is 59.9 Å². The van der Waals surface area contributed by atoms with Gasteiger partial charge in [0.25, 0.3) is 0 Å². The van der Waals surface area contributed by atoms with Gasteiger partial charge in [-0.25, -0.2) is 0 Å². The number of hydrogen-bond donors (Lipinski definition) is 1. The number of ether oxygens (including phenoxy) is 1. The molecule has 2 rings (SSSR count). The maximum atomic E-state index is 10.7. The largest absolute Gasteiger partial charge is 0.365 e. The van der Waals surface area contributed by atoms with Gasteiger partial charge in [0.1, 0.15) is 5.60 Å². The van der Waals surface area contributed by atoms with Gasteiger partial charge in [-0.1, -0.05) is 30.3 Å². The summed E-state index contributed by atoms with van der Waals surface area (Å²) in [7, 11) is 1.57. The van der Waals surface area contributed by atoms with Gasteiger partial charge >= 0.3 is 0 Å². The molecule has 0 amide bonds.